The number of rotatable bonds is 2. The van der Waals surface area contributed by atoms with E-state index in [9.17, 15) is 4.79 Å². The molecule has 4 heteroatoms. The monoisotopic (exact) mass is 332 g/mol. The normalized spacial score (nSPS) is 16.8. The summed E-state index contributed by atoms with van der Waals surface area (Å²) in [6.07, 6.45) is 0.442. The summed E-state index contributed by atoms with van der Waals surface area (Å²) in [6, 6.07) is 16.4. The van der Waals surface area contributed by atoms with Crippen molar-refractivity contribution in [3.05, 3.63) is 76.7 Å². The van der Waals surface area contributed by atoms with E-state index >= 15 is 0 Å². The fourth-order valence-electron chi connectivity index (χ4n) is 3.74. The van der Waals surface area contributed by atoms with Crippen molar-refractivity contribution in [3.63, 3.8) is 0 Å². The minimum Gasteiger partial charge on any atom is -0.361 e. The topological polar surface area (TPSA) is 46.3 Å². The second-order valence-electron chi connectivity index (χ2n) is 6.61. The molecule has 1 aliphatic rings. The lowest BCUT2D eigenvalue weighted by molar-refractivity contribution is -0.131. The van der Waals surface area contributed by atoms with Gasteiger partial charge < -0.3 is 9.42 Å². The van der Waals surface area contributed by atoms with Gasteiger partial charge in [-0.2, -0.15) is 0 Å². The Morgan fingerprint density at radius 2 is 1.88 bits per heavy atom. The van der Waals surface area contributed by atoms with Gasteiger partial charge in [0.05, 0.1) is 18.2 Å². The molecule has 2 heterocycles. The Morgan fingerprint density at radius 1 is 1.12 bits per heavy atom. The summed E-state index contributed by atoms with van der Waals surface area (Å²) < 4.78 is 5.33. The third-order valence-corrected chi connectivity index (χ3v) is 5.00. The van der Waals surface area contributed by atoms with E-state index in [1.165, 1.54) is 5.56 Å². The minimum atomic E-state index is -0.0714. The van der Waals surface area contributed by atoms with Crippen LogP contribution in [-0.4, -0.2) is 23.0 Å². The van der Waals surface area contributed by atoms with Crippen molar-refractivity contribution in [1.82, 2.24) is 10.1 Å². The first-order valence-corrected chi connectivity index (χ1v) is 8.43. The zero-order chi connectivity index (χ0) is 17.6. The maximum Gasteiger partial charge on any atom is 0.227 e. The van der Waals surface area contributed by atoms with E-state index in [1.54, 1.807) is 0 Å². The van der Waals surface area contributed by atoms with Crippen molar-refractivity contribution >= 4 is 5.91 Å². The molecule has 3 aromatic rings. The van der Waals surface area contributed by atoms with Gasteiger partial charge in [-0.05, 0) is 42.2 Å². The zero-order valence-electron chi connectivity index (χ0n) is 14.6. The van der Waals surface area contributed by atoms with Gasteiger partial charge in [0.2, 0.25) is 5.91 Å². The molecule has 0 saturated carbocycles. The van der Waals surface area contributed by atoms with Crippen molar-refractivity contribution in [1.29, 1.82) is 0 Å². The number of hydrogen-bond donors (Lipinski definition) is 0. The van der Waals surface area contributed by atoms with E-state index in [0.717, 1.165) is 33.7 Å². The van der Waals surface area contributed by atoms with Gasteiger partial charge in [-0.3, -0.25) is 4.79 Å². The lowest BCUT2D eigenvalue weighted by Crippen LogP contribution is -2.37. The second-order valence-corrected chi connectivity index (χ2v) is 6.61. The first kappa shape index (κ1) is 15.6. The molecular formula is C21H20N2O2. The summed E-state index contributed by atoms with van der Waals surface area (Å²) in [7, 11) is 1.88. The van der Waals surface area contributed by atoms with Crippen LogP contribution in [0.25, 0.3) is 11.1 Å². The first-order valence-electron chi connectivity index (χ1n) is 8.43. The maximum atomic E-state index is 12.5. The zero-order valence-corrected chi connectivity index (χ0v) is 14.6. The maximum absolute atomic E-state index is 12.5. The number of benzene rings is 2. The highest BCUT2D eigenvalue weighted by molar-refractivity contribution is 5.83. The van der Waals surface area contributed by atoms with Crippen molar-refractivity contribution in [3.8, 4) is 11.1 Å². The molecule has 0 spiro atoms. The van der Waals surface area contributed by atoms with E-state index in [2.05, 4.69) is 35.5 Å². The highest BCUT2D eigenvalue weighted by atomic mass is 16.5. The van der Waals surface area contributed by atoms with Crippen LogP contribution in [0.15, 0.2) is 53.1 Å². The van der Waals surface area contributed by atoms with Gasteiger partial charge >= 0.3 is 0 Å². The van der Waals surface area contributed by atoms with Crippen LogP contribution in [0.5, 0.6) is 0 Å². The lowest BCUT2D eigenvalue weighted by atomic mass is 9.86. The average molecular weight is 332 g/mol. The summed E-state index contributed by atoms with van der Waals surface area (Å²) in [4.78, 5) is 14.3. The lowest BCUT2D eigenvalue weighted by Gasteiger charge is -2.35. The first-order chi connectivity index (χ1) is 12.1. The molecule has 0 radical (unpaired) electrons. The largest absolute Gasteiger partial charge is 0.361 e. The standard InChI is InChI=1S/C21H20N2O2/c1-13-20(14(2)25-22-13)17-10-9-16-12-19(24)23(3)21(18(16)11-17)15-7-5-4-6-8-15/h4-11,21H,12H2,1-3H3. The number of hydrogen-bond acceptors (Lipinski definition) is 3. The van der Waals surface area contributed by atoms with Crippen LogP contribution in [0.3, 0.4) is 0 Å². The molecule has 0 aliphatic carbocycles. The molecule has 0 fully saturated rings. The van der Waals surface area contributed by atoms with Gasteiger partial charge in [-0.15, -0.1) is 0 Å². The smallest absolute Gasteiger partial charge is 0.227 e. The molecule has 4 rings (SSSR count). The van der Waals surface area contributed by atoms with E-state index in [0.29, 0.717) is 6.42 Å². The second kappa shape index (κ2) is 5.88. The molecule has 0 bridgehead atoms. The van der Waals surface area contributed by atoms with Crippen LogP contribution in [0.1, 0.15) is 34.2 Å². The molecule has 0 saturated heterocycles. The Morgan fingerprint density at radius 3 is 2.56 bits per heavy atom. The molecule has 1 amide bonds. The number of fused-ring (bicyclic) bond motifs is 1. The Balaban J connectivity index is 1.90. The van der Waals surface area contributed by atoms with E-state index in [-0.39, 0.29) is 11.9 Å². The summed E-state index contributed by atoms with van der Waals surface area (Å²) in [5.74, 6) is 0.959. The number of aromatic nitrogens is 1. The molecule has 0 N–H and O–H groups in total. The quantitative estimate of drug-likeness (QED) is 0.711. The number of carbonyl (C=O) groups excluding carboxylic acids is 1. The van der Waals surface area contributed by atoms with Crippen molar-refractivity contribution in [2.75, 3.05) is 7.05 Å². The predicted molar refractivity (Wildman–Crippen MR) is 96.2 cm³/mol. The third kappa shape index (κ3) is 2.54. The van der Waals surface area contributed by atoms with Gasteiger partial charge in [0.1, 0.15) is 5.76 Å². The van der Waals surface area contributed by atoms with Gasteiger partial charge in [-0.1, -0.05) is 47.6 Å². The van der Waals surface area contributed by atoms with Crippen LogP contribution in [0, 0.1) is 13.8 Å². The predicted octanol–water partition coefficient (Wildman–Crippen LogP) is 4.06. The fourth-order valence-corrected chi connectivity index (χ4v) is 3.74. The van der Waals surface area contributed by atoms with Crippen molar-refractivity contribution < 1.29 is 9.32 Å². The average Bonchev–Trinajstić information content (AvgIpc) is 2.95. The Kier molecular flexibility index (Phi) is 3.68. The van der Waals surface area contributed by atoms with Gasteiger partial charge in [0, 0.05) is 12.6 Å². The molecule has 1 atom stereocenters. The number of carbonyl (C=O) groups is 1. The molecule has 126 valence electrons. The Labute approximate surface area is 147 Å². The van der Waals surface area contributed by atoms with Crippen molar-refractivity contribution in [2.24, 2.45) is 0 Å². The third-order valence-electron chi connectivity index (χ3n) is 5.00. The molecule has 4 nitrogen and oxygen atoms in total. The highest BCUT2D eigenvalue weighted by Gasteiger charge is 2.31. The summed E-state index contributed by atoms with van der Waals surface area (Å²) >= 11 is 0. The Bertz CT molecular complexity index is 924. The van der Waals surface area contributed by atoms with Crippen LogP contribution >= 0.6 is 0 Å². The molecule has 2 aromatic carbocycles. The van der Waals surface area contributed by atoms with Crippen LogP contribution in [0.2, 0.25) is 0 Å². The molecule has 1 unspecified atom stereocenters. The summed E-state index contributed by atoms with van der Waals surface area (Å²) in [5, 5.41) is 4.07. The SMILES string of the molecule is Cc1noc(C)c1-c1ccc2c(c1)C(c1ccccc1)N(C)C(=O)C2. The van der Waals surface area contributed by atoms with Crippen LogP contribution < -0.4 is 0 Å². The van der Waals surface area contributed by atoms with E-state index in [1.807, 2.05) is 44.0 Å². The summed E-state index contributed by atoms with van der Waals surface area (Å²) in [6.45, 7) is 3.88. The van der Waals surface area contributed by atoms with Gasteiger partial charge in [0.25, 0.3) is 0 Å². The summed E-state index contributed by atoms with van der Waals surface area (Å²) in [5.41, 5.74) is 6.38. The number of amides is 1. The number of likely N-dealkylation sites (N-methyl/N-ethyl adjacent to an activating group) is 1. The minimum absolute atomic E-state index is 0.0714. The van der Waals surface area contributed by atoms with Crippen molar-refractivity contribution in [2.45, 2.75) is 26.3 Å². The molecule has 1 aromatic heterocycles. The Hall–Kier alpha value is -2.88. The van der Waals surface area contributed by atoms with E-state index < -0.39 is 0 Å². The molecule has 1 aliphatic heterocycles. The number of aryl methyl sites for hydroxylation is 2. The van der Waals surface area contributed by atoms with Crippen LogP contribution in [-0.2, 0) is 11.2 Å². The van der Waals surface area contributed by atoms with Crippen LogP contribution in [0.4, 0.5) is 0 Å². The number of nitrogens with zero attached hydrogens (tertiary/aromatic N) is 2. The fraction of sp³-hybridized carbons (Fsp3) is 0.238. The van der Waals surface area contributed by atoms with Gasteiger partial charge in [-0.25, -0.2) is 0 Å². The molecular weight excluding hydrogens is 312 g/mol. The van der Waals surface area contributed by atoms with Gasteiger partial charge in [0.15, 0.2) is 0 Å². The van der Waals surface area contributed by atoms with E-state index in [4.69, 9.17) is 4.52 Å². The molecule has 25 heavy (non-hydrogen) atoms. The highest BCUT2D eigenvalue weighted by Crippen LogP contribution is 2.38.